The topological polar surface area (TPSA) is 86.8 Å². The minimum absolute atomic E-state index is 0.0854. The van der Waals surface area contributed by atoms with Crippen LogP contribution in [0.4, 0.5) is 5.69 Å². The first kappa shape index (κ1) is 24.6. The van der Waals surface area contributed by atoms with Crippen LogP contribution in [0.2, 0.25) is 0 Å². The number of rotatable bonds is 7. The third-order valence-corrected chi connectivity index (χ3v) is 8.12. The Labute approximate surface area is 206 Å². The lowest BCUT2D eigenvalue weighted by molar-refractivity contribution is -0.133. The molecule has 0 aliphatic carbocycles. The van der Waals surface area contributed by atoms with Gasteiger partial charge >= 0.3 is 0 Å². The zero-order valence-corrected chi connectivity index (χ0v) is 20.7. The molecule has 1 N–H and O–H groups in total. The van der Waals surface area contributed by atoms with Crippen molar-refractivity contribution in [3.63, 3.8) is 0 Å². The first-order valence-electron chi connectivity index (χ1n) is 11.6. The minimum Gasteiger partial charge on any atom is -0.350 e. The van der Waals surface area contributed by atoms with Gasteiger partial charge in [0.15, 0.2) is 0 Å². The highest BCUT2D eigenvalue weighted by Gasteiger charge is 2.51. The summed E-state index contributed by atoms with van der Waals surface area (Å²) in [5, 5.41) is 2.92. The molecule has 1 unspecified atom stereocenters. The molecule has 1 saturated heterocycles. The maximum atomic E-state index is 13.7. The number of piperazine rings is 1. The first-order valence-corrected chi connectivity index (χ1v) is 13.0. The molecule has 0 saturated carbocycles. The van der Waals surface area contributed by atoms with E-state index in [2.05, 4.69) is 5.32 Å². The van der Waals surface area contributed by atoms with E-state index in [0.717, 1.165) is 15.4 Å². The molecule has 0 radical (unpaired) electrons. The molecule has 4 rings (SSSR count). The van der Waals surface area contributed by atoms with Crippen LogP contribution in [0.5, 0.6) is 0 Å². The number of anilines is 1. The summed E-state index contributed by atoms with van der Waals surface area (Å²) in [7, 11) is -3.98. The third kappa shape index (κ3) is 4.85. The van der Waals surface area contributed by atoms with Crippen LogP contribution in [0.3, 0.4) is 0 Å². The van der Waals surface area contributed by atoms with Gasteiger partial charge in [-0.05, 0) is 42.7 Å². The van der Waals surface area contributed by atoms with Crippen LogP contribution in [-0.2, 0) is 32.6 Å². The molecule has 8 heteroatoms. The summed E-state index contributed by atoms with van der Waals surface area (Å²) < 4.78 is 27.9. The molecule has 0 bridgehead atoms. The summed E-state index contributed by atoms with van der Waals surface area (Å²) in [6.07, 6.45) is 0.660. The van der Waals surface area contributed by atoms with E-state index in [1.54, 1.807) is 31.2 Å². The van der Waals surface area contributed by atoms with Gasteiger partial charge in [0.1, 0.15) is 5.54 Å². The molecular weight excluding hydrogens is 462 g/mol. The Morgan fingerprint density at radius 2 is 1.54 bits per heavy atom. The van der Waals surface area contributed by atoms with Crippen molar-refractivity contribution in [2.75, 3.05) is 18.0 Å². The van der Waals surface area contributed by atoms with Gasteiger partial charge in [-0.15, -0.1) is 0 Å². The first-order chi connectivity index (χ1) is 16.8. The maximum absolute atomic E-state index is 13.7. The summed E-state index contributed by atoms with van der Waals surface area (Å²) in [6, 6.07) is 24.8. The van der Waals surface area contributed by atoms with Crippen LogP contribution in [-0.4, -0.2) is 43.2 Å². The standard InChI is InChI=1S/C27H29N3O4S/c1-3-22-14-10-11-17-24(22)30-25(31)19-29(35(33,34)23-15-8-5-9-16-23)20-27(30,2)26(32)28-18-21-12-6-4-7-13-21/h4-17H,3,18-20H2,1-2H3,(H,28,32). The fraction of sp³-hybridized carbons (Fsp3) is 0.259. The summed E-state index contributed by atoms with van der Waals surface area (Å²) in [5.41, 5.74) is 0.967. The Morgan fingerprint density at radius 3 is 2.20 bits per heavy atom. The van der Waals surface area contributed by atoms with Crippen molar-refractivity contribution in [3.8, 4) is 0 Å². The van der Waals surface area contributed by atoms with Gasteiger partial charge in [0, 0.05) is 18.8 Å². The molecule has 0 aromatic heterocycles. The van der Waals surface area contributed by atoms with E-state index in [4.69, 9.17) is 0 Å². The van der Waals surface area contributed by atoms with Crippen molar-refractivity contribution in [2.45, 2.75) is 37.2 Å². The van der Waals surface area contributed by atoms with Crippen LogP contribution in [0.1, 0.15) is 25.0 Å². The lowest BCUT2D eigenvalue weighted by Gasteiger charge is -2.47. The second kappa shape index (κ2) is 10.0. The fourth-order valence-electron chi connectivity index (χ4n) is 4.45. The smallest absolute Gasteiger partial charge is 0.247 e. The molecule has 7 nitrogen and oxygen atoms in total. The van der Waals surface area contributed by atoms with Gasteiger partial charge in [0.2, 0.25) is 21.8 Å². The molecule has 1 fully saturated rings. The monoisotopic (exact) mass is 491 g/mol. The lowest BCUT2D eigenvalue weighted by Crippen LogP contribution is -2.70. The molecule has 35 heavy (non-hydrogen) atoms. The van der Waals surface area contributed by atoms with E-state index in [-0.39, 0.29) is 24.5 Å². The zero-order chi connectivity index (χ0) is 25.1. The Kier molecular flexibility index (Phi) is 7.05. The van der Waals surface area contributed by atoms with Crippen molar-refractivity contribution in [1.82, 2.24) is 9.62 Å². The van der Waals surface area contributed by atoms with E-state index in [0.29, 0.717) is 12.1 Å². The Balaban J connectivity index is 1.74. The average Bonchev–Trinajstić information content (AvgIpc) is 2.88. The number of nitrogens with one attached hydrogen (secondary N) is 1. The van der Waals surface area contributed by atoms with E-state index in [1.165, 1.54) is 17.0 Å². The largest absolute Gasteiger partial charge is 0.350 e. The van der Waals surface area contributed by atoms with E-state index >= 15 is 0 Å². The maximum Gasteiger partial charge on any atom is 0.247 e. The van der Waals surface area contributed by atoms with E-state index in [9.17, 15) is 18.0 Å². The number of sulfonamides is 1. The quantitative estimate of drug-likeness (QED) is 0.549. The van der Waals surface area contributed by atoms with Crippen LogP contribution in [0.25, 0.3) is 0 Å². The summed E-state index contributed by atoms with van der Waals surface area (Å²) in [5.74, 6) is -0.873. The van der Waals surface area contributed by atoms with Crippen molar-refractivity contribution >= 4 is 27.5 Å². The number of nitrogens with zero attached hydrogens (tertiary/aromatic N) is 2. The van der Waals surface area contributed by atoms with Crippen molar-refractivity contribution in [1.29, 1.82) is 0 Å². The molecule has 3 aromatic rings. The van der Waals surface area contributed by atoms with Crippen molar-refractivity contribution in [3.05, 3.63) is 96.1 Å². The number of carbonyl (C=O) groups is 2. The fourth-order valence-corrected chi connectivity index (χ4v) is 5.95. The number of carbonyl (C=O) groups excluding carboxylic acids is 2. The molecule has 3 aromatic carbocycles. The van der Waals surface area contributed by atoms with E-state index in [1.807, 2.05) is 55.5 Å². The molecule has 0 spiro atoms. The minimum atomic E-state index is -3.98. The molecule has 1 aliphatic rings. The highest BCUT2D eigenvalue weighted by Crippen LogP contribution is 2.34. The molecule has 182 valence electrons. The van der Waals surface area contributed by atoms with Crippen molar-refractivity contribution < 1.29 is 18.0 Å². The zero-order valence-electron chi connectivity index (χ0n) is 19.8. The Morgan fingerprint density at radius 1 is 0.943 bits per heavy atom. The third-order valence-electron chi connectivity index (χ3n) is 6.32. The number of hydrogen-bond acceptors (Lipinski definition) is 4. The molecule has 1 aliphatic heterocycles. The highest BCUT2D eigenvalue weighted by molar-refractivity contribution is 7.89. The summed E-state index contributed by atoms with van der Waals surface area (Å²) in [6.45, 7) is 3.35. The molecular formula is C27H29N3O4S. The van der Waals surface area contributed by atoms with E-state index < -0.39 is 27.4 Å². The second-order valence-corrected chi connectivity index (χ2v) is 10.7. The number of amides is 2. The summed E-state index contributed by atoms with van der Waals surface area (Å²) >= 11 is 0. The Bertz CT molecular complexity index is 1310. The van der Waals surface area contributed by atoms with Gasteiger partial charge in [-0.25, -0.2) is 8.42 Å². The number of aryl methyl sites for hydroxylation is 1. The average molecular weight is 492 g/mol. The number of benzene rings is 3. The Hall–Kier alpha value is -3.49. The van der Waals surface area contributed by atoms with Gasteiger partial charge in [-0.2, -0.15) is 4.31 Å². The van der Waals surface area contributed by atoms with Crippen LogP contribution >= 0.6 is 0 Å². The normalized spacial score (nSPS) is 18.9. The van der Waals surface area contributed by atoms with Gasteiger partial charge in [0.05, 0.1) is 11.4 Å². The molecule has 1 heterocycles. The lowest BCUT2D eigenvalue weighted by atomic mass is 9.93. The molecule has 1 atom stereocenters. The summed E-state index contributed by atoms with van der Waals surface area (Å²) in [4.78, 5) is 28.9. The number of hydrogen-bond donors (Lipinski definition) is 1. The second-order valence-electron chi connectivity index (χ2n) is 8.74. The highest BCUT2D eigenvalue weighted by atomic mass is 32.2. The van der Waals surface area contributed by atoms with Crippen LogP contribution in [0.15, 0.2) is 89.8 Å². The SMILES string of the molecule is CCc1ccccc1N1C(=O)CN(S(=O)(=O)c2ccccc2)CC1(C)C(=O)NCc1ccccc1. The predicted molar refractivity (Wildman–Crippen MR) is 135 cm³/mol. The van der Waals surface area contributed by atoms with Gasteiger partial charge < -0.3 is 5.32 Å². The van der Waals surface area contributed by atoms with Crippen molar-refractivity contribution in [2.24, 2.45) is 0 Å². The van der Waals surface area contributed by atoms with Crippen LogP contribution < -0.4 is 10.2 Å². The van der Waals surface area contributed by atoms with Gasteiger partial charge in [-0.1, -0.05) is 73.7 Å². The van der Waals surface area contributed by atoms with Gasteiger partial charge in [-0.3, -0.25) is 14.5 Å². The molecule has 2 amide bonds. The number of para-hydroxylation sites is 1. The predicted octanol–water partition coefficient (Wildman–Crippen LogP) is 3.36. The van der Waals surface area contributed by atoms with Gasteiger partial charge in [0.25, 0.3) is 0 Å². The van der Waals surface area contributed by atoms with Crippen LogP contribution in [0, 0.1) is 0 Å².